The first kappa shape index (κ1) is 23.4. The van der Waals surface area contributed by atoms with E-state index in [4.69, 9.17) is 9.47 Å². The first-order chi connectivity index (χ1) is 15.8. The topological polar surface area (TPSA) is 60.8 Å². The first-order valence-corrected chi connectivity index (χ1v) is 12.6. The highest BCUT2D eigenvalue weighted by atomic mass is 79.9. The third-order valence-corrected chi connectivity index (χ3v) is 7.51. The Kier molecular flexibility index (Phi) is 6.78. The van der Waals surface area contributed by atoms with Crippen molar-refractivity contribution in [1.29, 1.82) is 0 Å². The molecular weight excluding hydrogens is 504 g/mol. The Morgan fingerprint density at radius 3 is 2.36 bits per heavy atom. The smallest absolute Gasteiger partial charge is 0.272 e. The van der Waals surface area contributed by atoms with Crippen LogP contribution < -0.4 is 9.47 Å². The van der Waals surface area contributed by atoms with Gasteiger partial charge in [0, 0.05) is 22.0 Å². The summed E-state index contributed by atoms with van der Waals surface area (Å²) in [6, 6.07) is 21.7. The highest BCUT2D eigenvalue weighted by molar-refractivity contribution is 9.10. The Bertz CT molecular complexity index is 1380. The number of halogens is 1. The fourth-order valence-corrected chi connectivity index (χ4v) is 5.73. The number of hydrogen-bond acceptors (Lipinski definition) is 5. The average molecular weight is 529 g/mol. The van der Waals surface area contributed by atoms with Crippen LogP contribution in [0.25, 0.3) is 22.2 Å². The van der Waals surface area contributed by atoms with Crippen molar-refractivity contribution in [2.24, 2.45) is 0 Å². The van der Waals surface area contributed by atoms with E-state index in [2.05, 4.69) is 15.9 Å². The molecule has 0 aliphatic rings. The summed E-state index contributed by atoms with van der Waals surface area (Å²) in [4.78, 5) is 2.09. The van der Waals surface area contributed by atoms with Gasteiger partial charge in [-0.15, -0.1) is 0 Å². The van der Waals surface area contributed by atoms with Gasteiger partial charge >= 0.3 is 0 Å². The number of methoxy groups -OCH3 is 1. The van der Waals surface area contributed by atoms with E-state index in [0.29, 0.717) is 30.1 Å². The maximum atomic E-state index is 14.1. The van der Waals surface area contributed by atoms with Crippen molar-refractivity contribution in [1.82, 2.24) is 8.87 Å². The molecule has 3 aromatic carbocycles. The number of hydrogen-bond donors (Lipinski definition) is 0. The quantitative estimate of drug-likeness (QED) is 0.312. The maximum absolute atomic E-state index is 14.1. The van der Waals surface area contributed by atoms with Gasteiger partial charge in [0.1, 0.15) is 22.9 Å². The molecule has 0 atom stereocenters. The Morgan fingerprint density at radius 2 is 1.67 bits per heavy atom. The summed E-state index contributed by atoms with van der Waals surface area (Å²) in [5.74, 6) is 0.801. The maximum Gasteiger partial charge on any atom is 0.272 e. The van der Waals surface area contributed by atoms with E-state index in [1.807, 2.05) is 67.5 Å². The molecule has 8 heteroatoms. The summed E-state index contributed by atoms with van der Waals surface area (Å²) in [5.41, 5.74) is 1.77. The van der Waals surface area contributed by atoms with Crippen molar-refractivity contribution >= 4 is 36.9 Å². The number of ether oxygens (including phenoxy) is 2. The van der Waals surface area contributed by atoms with Gasteiger partial charge in [-0.1, -0.05) is 58.4 Å². The van der Waals surface area contributed by atoms with Gasteiger partial charge in [0.05, 0.1) is 12.6 Å². The Balaban J connectivity index is 2.04. The monoisotopic (exact) mass is 528 g/mol. The van der Waals surface area contributed by atoms with Gasteiger partial charge < -0.3 is 14.4 Å². The molecule has 0 radical (unpaired) electrons. The van der Waals surface area contributed by atoms with E-state index in [-0.39, 0.29) is 10.6 Å². The lowest BCUT2D eigenvalue weighted by molar-refractivity contribution is 0.264. The Hall–Kier alpha value is -2.81. The van der Waals surface area contributed by atoms with E-state index in [9.17, 15) is 8.42 Å². The number of fused-ring (bicyclic) bond motifs is 1. The SMILES string of the molecule is COc1cc(Br)ccc1S(=O)(=O)n1c(-c2ccccc2)c(OCCN(C)C)c2ccccc21. The van der Waals surface area contributed by atoms with Gasteiger partial charge in [-0.2, -0.15) is 0 Å². The molecular formula is C25H25BrN2O4S. The molecule has 172 valence electrons. The lowest BCUT2D eigenvalue weighted by atomic mass is 10.1. The van der Waals surface area contributed by atoms with Crippen molar-refractivity contribution in [2.45, 2.75) is 4.90 Å². The standard InChI is InChI=1S/C25H25BrN2O4S/c1-27(2)15-16-32-25-20-11-7-8-12-21(20)28(24(25)18-9-5-4-6-10-18)33(29,30)23-14-13-19(26)17-22(23)31-3/h4-14,17H,15-16H2,1-3H3. The Labute approximate surface area is 202 Å². The van der Waals surface area contributed by atoms with Crippen molar-refractivity contribution in [3.05, 3.63) is 77.3 Å². The molecule has 1 aromatic heterocycles. The molecule has 0 spiro atoms. The summed E-state index contributed by atoms with van der Waals surface area (Å²) in [5, 5.41) is 0.731. The van der Waals surface area contributed by atoms with Crippen LogP contribution in [-0.4, -0.2) is 51.6 Å². The second-order valence-electron chi connectivity index (χ2n) is 7.78. The number of para-hydroxylation sites is 1. The molecule has 0 fully saturated rings. The molecule has 0 aliphatic heterocycles. The number of aromatic nitrogens is 1. The van der Waals surface area contributed by atoms with Crippen LogP contribution in [0.5, 0.6) is 11.5 Å². The second kappa shape index (κ2) is 9.59. The summed E-state index contributed by atoms with van der Waals surface area (Å²) >= 11 is 3.39. The molecule has 0 saturated heterocycles. The second-order valence-corrected chi connectivity index (χ2v) is 10.4. The van der Waals surface area contributed by atoms with Gasteiger partial charge in [-0.05, 0) is 44.4 Å². The molecule has 4 rings (SSSR count). The van der Waals surface area contributed by atoms with Crippen LogP contribution in [0.4, 0.5) is 0 Å². The average Bonchev–Trinajstić information content (AvgIpc) is 3.14. The van der Waals surface area contributed by atoms with E-state index >= 15 is 0 Å². The first-order valence-electron chi connectivity index (χ1n) is 10.4. The van der Waals surface area contributed by atoms with Gasteiger partial charge in [-0.3, -0.25) is 0 Å². The van der Waals surface area contributed by atoms with Crippen LogP contribution in [0.3, 0.4) is 0 Å². The zero-order valence-electron chi connectivity index (χ0n) is 18.7. The molecule has 0 N–H and O–H groups in total. The van der Waals surface area contributed by atoms with Crippen LogP contribution in [0.15, 0.2) is 82.2 Å². The molecule has 0 bridgehead atoms. The minimum absolute atomic E-state index is 0.0750. The Morgan fingerprint density at radius 1 is 0.970 bits per heavy atom. The molecule has 0 saturated carbocycles. The number of nitrogens with zero attached hydrogens (tertiary/aromatic N) is 2. The number of likely N-dealkylation sites (N-methyl/N-ethyl adjacent to an activating group) is 1. The summed E-state index contributed by atoms with van der Waals surface area (Å²) in [7, 11) is 1.35. The molecule has 0 amide bonds. The summed E-state index contributed by atoms with van der Waals surface area (Å²) in [6.07, 6.45) is 0. The third-order valence-electron chi connectivity index (χ3n) is 5.26. The highest BCUT2D eigenvalue weighted by Crippen LogP contribution is 2.43. The fraction of sp³-hybridized carbons (Fsp3) is 0.200. The van der Waals surface area contributed by atoms with Crippen molar-refractivity contribution in [3.8, 4) is 22.8 Å². The van der Waals surface area contributed by atoms with Gasteiger partial charge in [0.2, 0.25) is 0 Å². The molecule has 0 unspecified atom stereocenters. The zero-order valence-corrected chi connectivity index (χ0v) is 21.1. The van der Waals surface area contributed by atoms with E-state index in [0.717, 1.165) is 15.4 Å². The van der Waals surface area contributed by atoms with E-state index in [1.165, 1.54) is 11.1 Å². The largest absolute Gasteiger partial charge is 0.495 e. The van der Waals surface area contributed by atoms with Crippen molar-refractivity contribution in [3.63, 3.8) is 0 Å². The third kappa shape index (κ3) is 4.51. The minimum Gasteiger partial charge on any atom is -0.495 e. The lowest BCUT2D eigenvalue weighted by Crippen LogP contribution is -2.20. The predicted molar refractivity (Wildman–Crippen MR) is 135 cm³/mol. The van der Waals surface area contributed by atoms with Crippen LogP contribution in [0.1, 0.15) is 0 Å². The van der Waals surface area contributed by atoms with E-state index in [1.54, 1.807) is 24.3 Å². The molecule has 1 heterocycles. The van der Waals surface area contributed by atoms with Crippen LogP contribution in [0, 0.1) is 0 Å². The number of benzene rings is 3. The summed E-state index contributed by atoms with van der Waals surface area (Å²) < 4.78 is 42.0. The molecule has 33 heavy (non-hydrogen) atoms. The molecule has 4 aromatic rings. The predicted octanol–water partition coefficient (Wildman–Crippen LogP) is 5.26. The highest BCUT2D eigenvalue weighted by Gasteiger charge is 2.31. The van der Waals surface area contributed by atoms with Crippen LogP contribution in [0.2, 0.25) is 0 Å². The van der Waals surface area contributed by atoms with Gasteiger partial charge in [-0.25, -0.2) is 12.4 Å². The molecule has 6 nitrogen and oxygen atoms in total. The minimum atomic E-state index is -4.04. The van der Waals surface area contributed by atoms with Gasteiger partial charge in [0.15, 0.2) is 5.75 Å². The fourth-order valence-electron chi connectivity index (χ4n) is 3.71. The normalized spacial score (nSPS) is 11.8. The van der Waals surface area contributed by atoms with E-state index < -0.39 is 10.0 Å². The van der Waals surface area contributed by atoms with Crippen LogP contribution >= 0.6 is 15.9 Å². The van der Waals surface area contributed by atoms with Crippen molar-refractivity contribution in [2.75, 3.05) is 34.4 Å². The molecule has 0 aliphatic carbocycles. The van der Waals surface area contributed by atoms with Gasteiger partial charge in [0.25, 0.3) is 10.0 Å². The summed E-state index contributed by atoms with van der Waals surface area (Å²) in [6.45, 7) is 1.11. The van der Waals surface area contributed by atoms with Crippen molar-refractivity contribution < 1.29 is 17.9 Å². The zero-order chi connectivity index (χ0) is 23.6. The van der Waals surface area contributed by atoms with Crippen LogP contribution in [-0.2, 0) is 10.0 Å². The lowest BCUT2D eigenvalue weighted by Gasteiger charge is -2.16. The number of rotatable bonds is 8.